The molecule has 1 amide bonds. The van der Waals surface area contributed by atoms with Crippen LogP contribution in [0.5, 0.6) is 0 Å². The molecule has 1 aromatic carbocycles. The Balaban J connectivity index is 1.71. The summed E-state index contributed by atoms with van der Waals surface area (Å²) in [5.41, 5.74) is 6.99. The molecule has 0 radical (unpaired) electrons. The Morgan fingerprint density at radius 2 is 2.00 bits per heavy atom. The molecule has 1 aliphatic rings. The number of hydrogen-bond donors (Lipinski definition) is 2. The average Bonchev–Trinajstić information content (AvgIpc) is 3.23. The second-order valence-electron chi connectivity index (χ2n) is 6.55. The summed E-state index contributed by atoms with van der Waals surface area (Å²) in [6.07, 6.45) is 3.66. The van der Waals surface area contributed by atoms with Gasteiger partial charge >= 0.3 is 0 Å². The van der Waals surface area contributed by atoms with Crippen LogP contribution in [0.3, 0.4) is 0 Å². The van der Waals surface area contributed by atoms with Crippen molar-refractivity contribution in [1.29, 1.82) is 0 Å². The molecule has 1 fully saturated rings. The maximum Gasteiger partial charge on any atom is 0.220 e. The van der Waals surface area contributed by atoms with Gasteiger partial charge in [-0.15, -0.1) is 0 Å². The van der Waals surface area contributed by atoms with Crippen molar-refractivity contribution in [2.45, 2.75) is 51.5 Å². The number of carbonyl (C=O) groups excluding carboxylic acids is 1. The predicted molar refractivity (Wildman–Crippen MR) is 87.0 cm³/mol. The summed E-state index contributed by atoms with van der Waals surface area (Å²) in [5, 5.41) is 3.17. The fraction of sp³-hybridized carbons (Fsp3) is 0.611. The highest BCUT2D eigenvalue weighted by Crippen LogP contribution is 2.40. The van der Waals surface area contributed by atoms with E-state index in [1.807, 2.05) is 6.07 Å². The van der Waals surface area contributed by atoms with Crippen LogP contribution in [-0.4, -0.2) is 18.5 Å². The lowest BCUT2D eigenvalue weighted by Crippen LogP contribution is -2.27. The summed E-state index contributed by atoms with van der Waals surface area (Å²) in [6.45, 7) is 5.14. The lowest BCUT2D eigenvalue weighted by Gasteiger charge is -2.19. The first-order valence-corrected chi connectivity index (χ1v) is 8.16. The molecule has 3 heteroatoms. The van der Waals surface area contributed by atoms with Gasteiger partial charge in [-0.05, 0) is 43.2 Å². The quantitative estimate of drug-likeness (QED) is 0.772. The highest BCUT2D eigenvalue weighted by Gasteiger charge is 2.39. The molecule has 0 aliphatic heterocycles. The second kappa shape index (κ2) is 7.60. The van der Waals surface area contributed by atoms with Crippen LogP contribution in [0.2, 0.25) is 0 Å². The fourth-order valence-electron chi connectivity index (χ4n) is 3.04. The Hall–Kier alpha value is -1.35. The number of rotatable bonds is 8. The monoisotopic (exact) mass is 288 g/mol. The minimum Gasteiger partial charge on any atom is -0.353 e. The molecular formula is C18H28N2O. The van der Waals surface area contributed by atoms with E-state index in [4.69, 9.17) is 5.73 Å². The summed E-state index contributed by atoms with van der Waals surface area (Å²) in [6, 6.07) is 10.8. The molecule has 0 bridgehead atoms. The Morgan fingerprint density at radius 3 is 2.62 bits per heavy atom. The third-order valence-electron chi connectivity index (χ3n) is 4.59. The highest BCUT2D eigenvalue weighted by molar-refractivity contribution is 5.76. The van der Waals surface area contributed by atoms with Gasteiger partial charge in [-0.2, -0.15) is 0 Å². The van der Waals surface area contributed by atoms with Crippen LogP contribution in [0.1, 0.15) is 51.0 Å². The normalized spacial score (nSPS) is 22.1. The van der Waals surface area contributed by atoms with Crippen molar-refractivity contribution in [3.8, 4) is 0 Å². The van der Waals surface area contributed by atoms with Crippen molar-refractivity contribution >= 4 is 5.91 Å². The molecule has 0 saturated heterocycles. The predicted octanol–water partition coefficient (Wildman–Crippen LogP) is 3.06. The van der Waals surface area contributed by atoms with Crippen LogP contribution in [-0.2, 0) is 4.79 Å². The van der Waals surface area contributed by atoms with E-state index in [9.17, 15) is 4.79 Å². The molecule has 2 rings (SSSR count). The Kier molecular flexibility index (Phi) is 5.80. The van der Waals surface area contributed by atoms with Crippen molar-refractivity contribution in [1.82, 2.24) is 5.32 Å². The molecule has 1 aromatic rings. The van der Waals surface area contributed by atoms with E-state index < -0.39 is 0 Å². The molecule has 3 unspecified atom stereocenters. The maximum atomic E-state index is 12.1. The summed E-state index contributed by atoms with van der Waals surface area (Å²) >= 11 is 0. The summed E-state index contributed by atoms with van der Waals surface area (Å²) in [5.74, 6) is 1.87. The first-order valence-electron chi connectivity index (χ1n) is 8.16. The van der Waals surface area contributed by atoms with Crippen molar-refractivity contribution < 1.29 is 4.79 Å². The van der Waals surface area contributed by atoms with Gasteiger partial charge in [-0.25, -0.2) is 0 Å². The van der Waals surface area contributed by atoms with Gasteiger partial charge in [0, 0.05) is 18.4 Å². The zero-order valence-corrected chi connectivity index (χ0v) is 13.2. The van der Waals surface area contributed by atoms with Gasteiger partial charge in [-0.3, -0.25) is 4.79 Å². The molecule has 116 valence electrons. The van der Waals surface area contributed by atoms with Gasteiger partial charge < -0.3 is 11.1 Å². The Labute approximate surface area is 128 Å². The molecule has 21 heavy (non-hydrogen) atoms. The Bertz CT molecular complexity index is 444. The lowest BCUT2D eigenvalue weighted by atomic mass is 9.88. The topological polar surface area (TPSA) is 55.1 Å². The molecule has 1 aliphatic carbocycles. The molecule has 0 aromatic heterocycles. The zero-order chi connectivity index (χ0) is 15.2. The van der Waals surface area contributed by atoms with Crippen molar-refractivity contribution in [2.24, 2.45) is 17.6 Å². The van der Waals surface area contributed by atoms with Crippen LogP contribution in [0.15, 0.2) is 30.3 Å². The van der Waals surface area contributed by atoms with E-state index in [1.165, 1.54) is 5.56 Å². The Morgan fingerprint density at radius 1 is 1.29 bits per heavy atom. The summed E-state index contributed by atoms with van der Waals surface area (Å²) < 4.78 is 0. The lowest BCUT2D eigenvalue weighted by molar-refractivity contribution is -0.121. The number of amides is 1. The largest absolute Gasteiger partial charge is 0.353 e. The van der Waals surface area contributed by atoms with E-state index in [0.29, 0.717) is 36.8 Å². The van der Waals surface area contributed by atoms with Crippen LogP contribution in [0, 0.1) is 11.8 Å². The molecule has 3 atom stereocenters. The zero-order valence-electron chi connectivity index (χ0n) is 13.2. The van der Waals surface area contributed by atoms with Crippen LogP contribution < -0.4 is 11.1 Å². The van der Waals surface area contributed by atoms with E-state index in [2.05, 4.69) is 43.4 Å². The summed E-state index contributed by atoms with van der Waals surface area (Å²) in [4.78, 5) is 12.1. The third-order valence-corrected chi connectivity index (χ3v) is 4.59. The van der Waals surface area contributed by atoms with Gasteiger partial charge in [-0.1, -0.05) is 44.2 Å². The number of benzene rings is 1. The molecule has 0 heterocycles. The van der Waals surface area contributed by atoms with Gasteiger partial charge in [0.15, 0.2) is 0 Å². The van der Waals surface area contributed by atoms with Gasteiger partial charge in [0.2, 0.25) is 5.91 Å². The first kappa shape index (κ1) is 16.0. The van der Waals surface area contributed by atoms with E-state index in [1.54, 1.807) is 0 Å². The number of nitrogens with two attached hydrogens (primary N) is 1. The minimum atomic E-state index is 0.195. The maximum absolute atomic E-state index is 12.1. The number of carbonyl (C=O) groups is 1. The third kappa shape index (κ3) is 4.85. The molecule has 0 spiro atoms. The molecule has 1 saturated carbocycles. The fourth-order valence-corrected chi connectivity index (χ4v) is 3.04. The second-order valence-corrected chi connectivity index (χ2v) is 6.55. The van der Waals surface area contributed by atoms with Gasteiger partial charge in [0.05, 0.1) is 0 Å². The van der Waals surface area contributed by atoms with Crippen LogP contribution in [0.4, 0.5) is 0 Å². The molecule has 3 N–H and O–H groups in total. The van der Waals surface area contributed by atoms with Gasteiger partial charge in [0.1, 0.15) is 0 Å². The molecule has 3 nitrogen and oxygen atoms in total. The number of hydrogen-bond acceptors (Lipinski definition) is 2. The van der Waals surface area contributed by atoms with Crippen LogP contribution >= 0.6 is 0 Å². The van der Waals surface area contributed by atoms with E-state index in [-0.39, 0.29) is 5.91 Å². The standard InChI is InChI=1S/C18H28N2O/c1-13(2)14(10-11-19)8-9-18(21)20-17-12-16(17)15-6-4-3-5-7-15/h3-7,13-14,16-17H,8-12,19H2,1-2H3,(H,20,21). The van der Waals surface area contributed by atoms with Crippen LogP contribution in [0.25, 0.3) is 0 Å². The highest BCUT2D eigenvalue weighted by atomic mass is 16.1. The smallest absolute Gasteiger partial charge is 0.220 e. The first-order chi connectivity index (χ1) is 10.1. The van der Waals surface area contributed by atoms with Crippen molar-refractivity contribution in [3.63, 3.8) is 0 Å². The van der Waals surface area contributed by atoms with Crippen molar-refractivity contribution in [3.05, 3.63) is 35.9 Å². The van der Waals surface area contributed by atoms with E-state index >= 15 is 0 Å². The van der Waals surface area contributed by atoms with Crippen molar-refractivity contribution in [2.75, 3.05) is 6.54 Å². The van der Waals surface area contributed by atoms with Gasteiger partial charge in [0.25, 0.3) is 0 Å². The SMILES string of the molecule is CC(C)C(CCN)CCC(=O)NC1CC1c1ccccc1. The molecular weight excluding hydrogens is 260 g/mol. The van der Waals surface area contributed by atoms with E-state index in [0.717, 1.165) is 19.3 Å². The minimum absolute atomic E-state index is 0.195. The average molecular weight is 288 g/mol. The summed E-state index contributed by atoms with van der Waals surface area (Å²) in [7, 11) is 0. The number of nitrogens with one attached hydrogen (secondary N) is 1.